The van der Waals surface area contributed by atoms with Crippen molar-refractivity contribution in [3.63, 3.8) is 0 Å². The lowest BCUT2D eigenvalue weighted by atomic mass is 10.1. The number of amides is 2. The van der Waals surface area contributed by atoms with Crippen molar-refractivity contribution in [1.82, 2.24) is 9.80 Å². The minimum Gasteiger partial charge on any atom is -0.481 e. The van der Waals surface area contributed by atoms with Crippen molar-refractivity contribution in [3.8, 4) is 5.75 Å². The van der Waals surface area contributed by atoms with Gasteiger partial charge in [-0.3, -0.25) is 19.4 Å². The van der Waals surface area contributed by atoms with Crippen molar-refractivity contribution in [1.29, 1.82) is 0 Å². The fraction of sp³-hybridized carbons (Fsp3) is 0.250. The first-order chi connectivity index (χ1) is 11.8. The summed E-state index contributed by atoms with van der Waals surface area (Å²) in [6.07, 6.45) is 1.41. The number of hydrogen-bond acceptors (Lipinski definition) is 6. The number of carbonyl (C=O) groups excluding carboxylic acids is 3. The molecule has 25 heavy (non-hydrogen) atoms. The number of likely N-dealkylation sites (N-methyl/N-ethyl adjacent to an activating group) is 2. The van der Waals surface area contributed by atoms with Crippen molar-refractivity contribution in [3.05, 3.63) is 33.8 Å². The molecule has 1 aliphatic heterocycles. The van der Waals surface area contributed by atoms with Crippen LogP contribution in [0.4, 0.5) is 0 Å². The predicted molar refractivity (Wildman–Crippen MR) is 97.8 cm³/mol. The fourth-order valence-electron chi connectivity index (χ4n) is 2.09. The number of rotatable bonds is 4. The Morgan fingerprint density at radius 3 is 2.40 bits per heavy atom. The zero-order chi connectivity index (χ0) is 18.7. The van der Waals surface area contributed by atoms with Crippen LogP contribution in [0, 0.1) is 0 Å². The summed E-state index contributed by atoms with van der Waals surface area (Å²) >= 11 is 8.38. The summed E-state index contributed by atoms with van der Waals surface area (Å²) in [5.41, 5.74) is 0.407. The van der Waals surface area contributed by atoms with Gasteiger partial charge in [-0.25, -0.2) is 4.79 Å². The van der Waals surface area contributed by atoms with Crippen molar-refractivity contribution >= 4 is 57.1 Å². The molecule has 0 saturated carbocycles. The first-order valence-corrected chi connectivity index (χ1v) is 8.27. The van der Waals surface area contributed by atoms with E-state index in [9.17, 15) is 14.4 Å². The van der Waals surface area contributed by atoms with E-state index in [0.29, 0.717) is 11.3 Å². The van der Waals surface area contributed by atoms with Crippen LogP contribution in [0.5, 0.6) is 5.75 Å². The smallest absolute Gasteiger partial charge is 0.343 e. The van der Waals surface area contributed by atoms with Gasteiger partial charge in [0.15, 0.2) is 11.7 Å². The highest BCUT2D eigenvalue weighted by molar-refractivity contribution is 9.10. The Kier molecular flexibility index (Phi) is 5.91. The largest absolute Gasteiger partial charge is 0.481 e. The van der Waals surface area contributed by atoms with E-state index in [1.807, 2.05) is 0 Å². The molecule has 0 aliphatic carbocycles. The van der Waals surface area contributed by atoms with Gasteiger partial charge in [0.25, 0.3) is 11.8 Å². The van der Waals surface area contributed by atoms with E-state index in [-0.39, 0.29) is 17.3 Å². The lowest BCUT2D eigenvalue weighted by Crippen LogP contribution is -2.52. The number of methoxy groups -OCH3 is 1. The summed E-state index contributed by atoms with van der Waals surface area (Å²) < 4.78 is 10.7. The second-order valence-electron chi connectivity index (χ2n) is 5.12. The molecule has 0 spiro atoms. The van der Waals surface area contributed by atoms with Crippen LogP contribution in [0.1, 0.15) is 5.56 Å². The second kappa shape index (κ2) is 7.75. The van der Waals surface area contributed by atoms with Crippen molar-refractivity contribution in [2.75, 3.05) is 27.8 Å². The Bertz CT molecular complexity index is 767. The summed E-state index contributed by atoms with van der Waals surface area (Å²) in [4.78, 5) is 38.5. The molecule has 1 fully saturated rings. The van der Waals surface area contributed by atoms with Crippen LogP contribution in [0.2, 0.25) is 0 Å². The average Bonchev–Trinajstić information content (AvgIpc) is 2.60. The molecule has 9 heteroatoms. The average molecular weight is 427 g/mol. The van der Waals surface area contributed by atoms with Gasteiger partial charge in [-0.15, -0.1) is 0 Å². The molecule has 1 aromatic rings. The minimum atomic E-state index is -0.545. The quantitative estimate of drug-likeness (QED) is 0.315. The summed E-state index contributed by atoms with van der Waals surface area (Å²) in [5, 5.41) is 0.128. The molecule has 0 radical (unpaired) electrons. The lowest BCUT2D eigenvalue weighted by molar-refractivity contribution is -0.143. The Balaban J connectivity index is 2.43. The molecular formula is C16H15BrN2O5S. The molecule has 132 valence electrons. The Morgan fingerprint density at radius 1 is 1.24 bits per heavy atom. The monoisotopic (exact) mass is 426 g/mol. The molecule has 0 N–H and O–H groups in total. The summed E-state index contributed by atoms with van der Waals surface area (Å²) in [5.74, 6) is -1.23. The lowest BCUT2D eigenvalue weighted by Gasteiger charge is -2.31. The Morgan fingerprint density at radius 2 is 1.84 bits per heavy atom. The minimum absolute atomic E-state index is 0.0559. The van der Waals surface area contributed by atoms with Crippen LogP contribution in [0.15, 0.2) is 28.2 Å². The van der Waals surface area contributed by atoms with Gasteiger partial charge in [0, 0.05) is 24.1 Å². The van der Waals surface area contributed by atoms with Gasteiger partial charge >= 0.3 is 5.97 Å². The number of nitrogens with zero attached hydrogens (tertiary/aromatic N) is 2. The summed E-state index contributed by atoms with van der Waals surface area (Å²) in [6.45, 7) is -0.292. The summed E-state index contributed by atoms with van der Waals surface area (Å²) in [6, 6.07) is 5.01. The number of esters is 1. The number of benzene rings is 1. The molecule has 2 amide bonds. The van der Waals surface area contributed by atoms with Crippen molar-refractivity contribution in [2.45, 2.75) is 0 Å². The highest BCUT2D eigenvalue weighted by atomic mass is 79.9. The van der Waals surface area contributed by atoms with E-state index in [1.165, 1.54) is 37.1 Å². The third kappa shape index (κ3) is 4.05. The normalized spacial score (nSPS) is 14.7. The zero-order valence-corrected chi connectivity index (χ0v) is 16.1. The fourth-order valence-corrected chi connectivity index (χ4v) is 2.63. The molecule has 1 saturated heterocycles. The molecule has 0 bridgehead atoms. The van der Waals surface area contributed by atoms with E-state index in [1.54, 1.807) is 18.2 Å². The first-order valence-electron chi connectivity index (χ1n) is 7.07. The third-order valence-electron chi connectivity index (χ3n) is 3.49. The first kappa shape index (κ1) is 19.1. The van der Waals surface area contributed by atoms with Crippen LogP contribution in [-0.4, -0.2) is 60.5 Å². The van der Waals surface area contributed by atoms with Crippen molar-refractivity contribution in [2.24, 2.45) is 0 Å². The zero-order valence-electron chi connectivity index (χ0n) is 13.7. The molecule has 1 aromatic carbocycles. The van der Waals surface area contributed by atoms with Crippen LogP contribution in [0.3, 0.4) is 0 Å². The number of hydrogen-bond donors (Lipinski definition) is 0. The maximum Gasteiger partial charge on any atom is 0.343 e. The van der Waals surface area contributed by atoms with Gasteiger partial charge in [-0.05, 0) is 36.5 Å². The number of thiocarbonyl (C=S) groups is 1. The second-order valence-corrected chi connectivity index (χ2v) is 6.40. The number of ether oxygens (including phenoxy) is 2. The standard InChI is InChI=1S/C16H15BrN2O5S/c1-18-14(21)11(15(22)19(2)16(18)25)7-9-6-10(17)4-5-12(9)24-8-13(20)23-3/h4-7H,8H2,1-3H3. The number of carbonyl (C=O) groups is 3. The number of halogens is 1. The Labute approximate surface area is 158 Å². The molecule has 0 aromatic heterocycles. The van der Waals surface area contributed by atoms with E-state index in [4.69, 9.17) is 17.0 Å². The molecule has 1 heterocycles. The molecular weight excluding hydrogens is 412 g/mol. The van der Waals surface area contributed by atoms with Gasteiger partial charge in [-0.1, -0.05) is 15.9 Å². The molecule has 7 nitrogen and oxygen atoms in total. The molecule has 2 rings (SSSR count). The van der Waals surface area contributed by atoms with Gasteiger partial charge in [0.2, 0.25) is 0 Å². The highest BCUT2D eigenvalue weighted by Crippen LogP contribution is 2.27. The van der Waals surface area contributed by atoms with Gasteiger partial charge in [-0.2, -0.15) is 0 Å². The molecule has 0 unspecified atom stereocenters. The van der Waals surface area contributed by atoms with Gasteiger partial charge in [0.05, 0.1) is 7.11 Å². The highest BCUT2D eigenvalue weighted by Gasteiger charge is 2.35. The van der Waals surface area contributed by atoms with Crippen LogP contribution in [0.25, 0.3) is 6.08 Å². The topological polar surface area (TPSA) is 76.2 Å². The van der Waals surface area contributed by atoms with Crippen LogP contribution >= 0.6 is 28.1 Å². The van der Waals surface area contributed by atoms with Crippen molar-refractivity contribution < 1.29 is 23.9 Å². The maximum atomic E-state index is 12.4. The summed E-state index contributed by atoms with van der Waals surface area (Å²) in [7, 11) is 4.25. The molecule has 1 aliphatic rings. The van der Waals surface area contributed by atoms with E-state index >= 15 is 0 Å². The van der Waals surface area contributed by atoms with Gasteiger partial charge < -0.3 is 9.47 Å². The van der Waals surface area contributed by atoms with Crippen LogP contribution < -0.4 is 4.74 Å². The van der Waals surface area contributed by atoms with E-state index in [0.717, 1.165) is 4.47 Å². The molecule has 0 atom stereocenters. The van der Waals surface area contributed by atoms with Gasteiger partial charge in [0.1, 0.15) is 11.3 Å². The SMILES string of the molecule is COC(=O)COc1ccc(Br)cc1C=C1C(=O)N(C)C(=S)N(C)C1=O. The third-order valence-corrected chi connectivity index (χ3v) is 4.53. The van der Waals surface area contributed by atoms with E-state index in [2.05, 4.69) is 20.7 Å². The Hall–Kier alpha value is -2.26. The van der Waals surface area contributed by atoms with Crippen LogP contribution in [-0.2, 0) is 19.1 Å². The van der Waals surface area contributed by atoms with E-state index < -0.39 is 17.8 Å². The predicted octanol–water partition coefficient (Wildman–Crippen LogP) is 1.60. The maximum absolute atomic E-state index is 12.4.